The zero-order valence-corrected chi connectivity index (χ0v) is 19.0. The quantitative estimate of drug-likeness (QED) is 0.370. The van der Waals surface area contributed by atoms with Crippen LogP contribution in [0.1, 0.15) is 5.56 Å². The number of hydrogen-bond acceptors (Lipinski definition) is 6. The maximum Gasteiger partial charge on any atom is 0.238 e. The van der Waals surface area contributed by atoms with Crippen LogP contribution in [0, 0.1) is 0 Å². The Morgan fingerprint density at radius 1 is 0.882 bits per heavy atom. The van der Waals surface area contributed by atoms with Gasteiger partial charge in [-0.1, -0.05) is 54.6 Å². The predicted molar refractivity (Wildman–Crippen MR) is 131 cm³/mol. The number of fused-ring (bicyclic) bond motifs is 2. The van der Waals surface area contributed by atoms with Gasteiger partial charge in [-0.25, -0.2) is 23.1 Å². The Bertz CT molecular complexity index is 1670. The lowest BCUT2D eigenvalue weighted by atomic mass is 9.85. The van der Waals surface area contributed by atoms with Gasteiger partial charge in [0.2, 0.25) is 10.0 Å². The second kappa shape index (κ2) is 7.44. The standard InChI is InChI=1S/C25H22N6O2S/c26-25(14-28-15-25)18-7-5-16(6-8-18)17-11-29-24-22(12-30-31(24)13-17)20-9-10-23(34(27,32)33)21-4-2-1-3-19(20)21/h1-13,28H,14-15,26H2,(H2,27,32,33). The highest BCUT2D eigenvalue weighted by Gasteiger charge is 2.33. The fourth-order valence-electron chi connectivity index (χ4n) is 4.56. The molecule has 0 atom stereocenters. The third kappa shape index (κ3) is 3.29. The molecule has 9 heteroatoms. The maximum atomic E-state index is 12.1. The van der Waals surface area contributed by atoms with Crippen molar-refractivity contribution in [1.29, 1.82) is 0 Å². The van der Waals surface area contributed by atoms with E-state index in [0.29, 0.717) is 11.0 Å². The Labute approximate surface area is 196 Å². The van der Waals surface area contributed by atoms with E-state index in [-0.39, 0.29) is 10.4 Å². The van der Waals surface area contributed by atoms with E-state index in [9.17, 15) is 8.42 Å². The number of sulfonamides is 1. The molecule has 0 amide bonds. The molecule has 2 aromatic heterocycles. The Morgan fingerprint density at radius 2 is 1.62 bits per heavy atom. The molecule has 1 saturated heterocycles. The Morgan fingerprint density at radius 3 is 2.29 bits per heavy atom. The first-order valence-corrected chi connectivity index (χ1v) is 12.4. The average Bonchev–Trinajstić information content (AvgIpc) is 3.24. The van der Waals surface area contributed by atoms with Crippen LogP contribution in [0.2, 0.25) is 0 Å². The van der Waals surface area contributed by atoms with Gasteiger partial charge in [0.15, 0.2) is 5.65 Å². The number of nitrogens with one attached hydrogen (secondary N) is 1. The summed E-state index contributed by atoms with van der Waals surface area (Å²) in [5.41, 5.74) is 11.5. The molecule has 1 aliphatic rings. The van der Waals surface area contributed by atoms with E-state index in [1.54, 1.807) is 28.9 Å². The normalized spacial score (nSPS) is 15.5. The number of benzene rings is 3. The van der Waals surface area contributed by atoms with Crippen LogP contribution in [0.15, 0.2) is 84.1 Å². The molecule has 0 radical (unpaired) electrons. The number of aromatic nitrogens is 3. The van der Waals surface area contributed by atoms with Crippen LogP contribution >= 0.6 is 0 Å². The minimum Gasteiger partial charge on any atom is -0.319 e. The van der Waals surface area contributed by atoms with Crippen molar-refractivity contribution >= 4 is 26.4 Å². The van der Waals surface area contributed by atoms with Crippen molar-refractivity contribution in [2.45, 2.75) is 10.4 Å². The van der Waals surface area contributed by atoms with E-state index in [2.05, 4.69) is 34.7 Å². The van der Waals surface area contributed by atoms with E-state index in [1.807, 2.05) is 24.5 Å². The largest absolute Gasteiger partial charge is 0.319 e. The number of nitrogens with two attached hydrogens (primary N) is 2. The topological polar surface area (TPSA) is 128 Å². The molecule has 34 heavy (non-hydrogen) atoms. The summed E-state index contributed by atoms with van der Waals surface area (Å²) in [7, 11) is -3.85. The average molecular weight is 471 g/mol. The lowest BCUT2D eigenvalue weighted by molar-refractivity contribution is 0.287. The molecule has 3 heterocycles. The Balaban J connectivity index is 1.42. The van der Waals surface area contributed by atoms with Gasteiger partial charge in [-0.15, -0.1) is 0 Å². The summed E-state index contributed by atoms with van der Waals surface area (Å²) in [5.74, 6) is 0. The van der Waals surface area contributed by atoms with Crippen LogP contribution in [0.4, 0.5) is 0 Å². The first-order valence-electron chi connectivity index (χ1n) is 10.8. The molecule has 0 saturated carbocycles. The molecule has 3 aromatic carbocycles. The second-order valence-electron chi connectivity index (χ2n) is 8.71. The van der Waals surface area contributed by atoms with Gasteiger partial charge in [0, 0.05) is 42.0 Å². The number of nitrogens with zero attached hydrogens (tertiary/aromatic N) is 3. The Hall–Kier alpha value is -3.63. The molecule has 0 spiro atoms. The molecule has 0 unspecified atom stereocenters. The third-order valence-corrected chi connectivity index (χ3v) is 7.48. The summed E-state index contributed by atoms with van der Waals surface area (Å²) in [6.07, 6.45) is 5.50. The first-order chi connectivity index (χ1) is 16.3. The van der Waals surface area contributed by atoms with Crippen LogP contribution < -0.4 is 16.2 Å². The molecule has 0 bridgehead atoms. The van der Waals surface area contributed by atoms with Crippen LogP contribution in [-0.2, 0) is 15.6 Å². The smallest absolute Gasteiger partial charge is 0.238 e. The highest BCUT2D eigenvalue weighted by Crippen LogP contribution is 2.34. The second-order valence-corrected chi connectivity index (χ2v) is 10.2. The number of hydrogen-bond donors (Lipinski definition) is 3. The molecule has 5 aromatic rings. The SMILES string of the molecule is NC1(c2ccc(-c3cnc4c(-c5ccc(S(N)(=O)=O)c6ccccc56)cnn4c3)cc2)CNC1. The molecule has 6 rings (SSSR count). The van der Waals surface area contributed by atoms with Gasteiger partial charge in [0.05, 0.1) is 16.6 Å². The summed E-state index contributed by atoms with van der Waals surface area (Å²) >= 11 is 0. The molecule has 1 fully saturated rings. The third-order valence-electron chi connectivity index (χ3n) is 6.51. The number of primary sulfonamides is 1. The maximum absolute atomic E-state index is 12.1. The van der Waals surface area contributed by atoms with Gasteiger partial charge in [0.1, 0.15) is 0 Å². The molecule has 8 nitrogen and oxygen atoms in total. The van der Waals surface area contributed by atoms with E-state index < -0.39 is 10.0 Å². The summed E-state index contributed by atoms with van der Waals surface area (Å²) in [4.78, 5) is 4.79. The lowest BCUT2D eigenvalue weighted by Gasteiger charge is -2.39. The predicted octanol–water partition coefficient (Wildman–Crippen LogP) is 2.62. The summed E-state index contributed by atoms with van der Waals surface area (Å²) in [6.45, 7) is 1.56. The van der Waals surface area contributed by atoms with Gasteiger partial charge in [-0.05, 0) is 28.1 Å². The summed E-state index contributed by atoms with van der Waals surface area (Å²) in [6, 6.07) is 18.8. The molecule has 5 N–H and O–H groups in total. The first kappa shape index (κ1) is 20.9. The zero-order valence-electron chi connectivity index (χ0n) is 18.1. The molecule has 1 aliphatic heterocycles. The van der Waals surface area contributed by atoms with Gasteiger partial charge in [0.25, 0.3) is 0 Å². The van der Waals surface area contributed by atoms with E-state index in [4.69, 9.17) is 15.9 Å². The summed E-state index contributed by atoms with van der Waals surface area (Å²) < 4.78 is 25.9. The fourth-order valence-corrected chi connectivity index (χ4v) is 5.30. The van der Waals surface area contributed by atoms with Gasteiger partial charge in [-0.3, -0.25) is 0 Å². The van der Waals surface area contributed by atoms with Crippen molar-refractivity contribution in [3.05, 3.63) is 84.8 Å². The van der Waals surface area contributed by atoms with Crippen molar-refractivity contribution in [3.8, 4) is 22.3 Å². The monoisotopic (exact) mass is 470 g/mol. The minimum absolute atomic E-state index is 0.0963. The van der Waals surface area contributed by atoms with E-state index in [0.717, 1.165) is 46.3 Å². The molecular weight excluding hydrogens is 448 g/mol. The fraction of sp³-hybridized carbons (Fsp3) is 0.120. The van der Waals surface area contributed by atoms with Crippen molar-refractivity contribution in [2.75, 3.05) is 13.1 Å². The van der Waals surface area contributed by atoms with Crippen molar-refractivity contribution in [3.63, 3.8) is 0 Å². The number of rotatable bonds is 4. The van der Waals surface area contributed by atoms with Crippen molar-refractivity contribution < 1.29 is 8.42 Å². The van der Waals surface area contributed by atoms with Crippen LogP contribution in [0.25, 0.3) is 38.7 Å². The van der Waals surface area contributed by atoms with Crippen LogP contribution in [-0.4, -0.2) is 36.1 Å². The minimum atomic E-state index is -3.85. The van der Waals surface area contributed by atoms with E-state index in [1.165, 1.54) is 6.07 Å². The van der Waals surface area contributed by atoms with E-state index >= 15 is 0 Å². The summed E-state index contributed by atoms with van der Waals surface area (Å²) in [5, 5.41) is 14.5. The molecule has 0 aliphatic carbocycles. The van der Waals surface area contributed by atoms with Gasteiger partial charge >= 0.3 is 0 Å². The zero-order chi connectivity index (χ0) is 23.5. The van der Waals surface area contributed by atoms with Crippen LogP contribution in [0.3, 0.4) is 0 Å². The highest BCUT2D eigenvalue weighted by molar-refractivity contribution is 7.89. The Kier molecular flexibility index (Phi) is 4.58. The molecular formula is C25H22N6O2S. The molecule has 170 valence electrons. The van der Waals surface area contributed by atoms with Crippen molar-refractivity contribution in [1.82, 2.24) is 19.9 Å². The van der Waals surface area contributed by atoms with Gasteiger partial charge < -0.3 is 11.1 Å². The highest BCUT2D eigenvalue weighted by atomic mass is 32.2. The van der Waals surface area contributed by atoms with Gasteiger partial charge in [-0.2, -0.15) is 5.10 Å². The van der Waals surface area contributed by atoms with Crippen LogP contribution in [0.5, 0.6) is 0 Å². The lowest BCUT2D eigenvalue weighted by Crippen LogP contribution is -2.62. The van der Waals surface area contributed by atoms with Crippen molar-refractivity contribution in [2.24, 2.45) is 10.9 Å².